The van der Waals surface area contributed by atoms with E-state index in [4.69, 9.17) is 0 Å². The molecular formula is C11H11BrOS2. The molecule has 0 aliphatic heterocycles. The lowest BCUT2D eigenvalue weighted by atomic mass is 10.1. The van der Waals surface area contributed by atoms with Gasteiger partial charge in [-0.25, -0.2) is 0 Å². The van der Waals surface area contributed by atoms with E-state index in [1.165, 1.54) is 10.4 Å². The van der Waals surface area contributed by atoms with Crippen LogP contribution < -0.4 is 0 Å². The Balaban J connectivity index is 2.10. The van der Waals surface area contributed by atoms with Gasteiger partial charge < -0.3 is 5.11 Å². The predicted octanol–water partition coefficient (Wildman–Crippen LogP) is 4.16. The number of hydrogen-bond donors (Lipinski definition) is 1. The number of aryl methyl sites for hydroxylation is 1. The standard InChI is InChI=1S/C11H11BrOS2/c1-7-4-5-14-11(7)9(13)6-8-2-3-10(12)15-8/h2-5,9,13H,6H2,1H3. The fourth-order valence-corrected chi connectivity index (χ4v) is 3.90. The number of hydrogen-bond acceptors (Lipinski definition) is 3. The van der Waals surface area contributed by atoms with Gasteiger partial charge in [0.1, 0.15) is 0 Å². The molecule has 1 atom stereocenters. The summed E-state index contributed by atoms with van der Waals surface area (Å²) in [6, 6.07) is 6.13. The van der Waals surface area contributed by atoms with Gasteiger partial charge in [0.2, 0.25) is 0 Å². The predicted molar refractivity (Wildman–Crippen MR) is 69.7 cm³/mol. The van der Waals surface area contributed by atoms with Crippen molar-refractivity contribution in [3.05, 3.63) is 42.7 Å². The first-order valence-corrected chi connectivity index (χ1v) is 7.12. The van der Waals surface area contributed by atoms with E-state index in [9.17, 15) is 5.11 Å². The monoisotopic (exact) mass is 302 g/mol. The molecule has 1 nitrogen and oxygen atoms in total. The third-order valence-corrected chi connectivity index (χ3v) is 4.99. The minimum atomic E-state index is -0.365. The molecule has 0 fully saturated rings. The maximum atomic E-state index is 10.1. The van der Waals surface area contributed by atoms with Crippen LogP contribution in [0, 0.1) is 6.92 Å². The Morgan fingerprint density at radius 2 is 2.20 bits per heavy atom. The normalized spacial score (nSPS) is 13.0. The molecule has 0 aromatic carbocycles. The van der Waals surface area contributed by atoms with Crippen molar-refractivity contribution in [2.45, 2.75) is 19.4 Å². The molecule has 0 bridgehead atoms. The van der Waals surface area contributed by atoms with Crippen LogP contribution in [0.3, 0.4) is 0 Å². The minimum Gasteiger partial charge on any atom is -0.387 e. The highest BCUT2D eigenvalue weighted by molar-refractivity contribution is 9.11. The average molecular weight is 303 g/mol. The van der Waals surface area contributed by atoms with Gasteiger partial charge in [-0.1, -0.05) is 0 Å². The summed E-state index contributed by atoms with van der Waals surface area (Å²) in [6.45, 7) is 2.04. The third-order valence-electron chi connectivity index (χ3n) is 2.23. The largest absolute Gasteiger partial charge is 0.387 e. The van der Waals surface area contributed by atoms with E-state index in [2.05, 4.69) is 22.0 Å². The highest BCUT2D eigenvalue weighted by atomic mass is 79.9. The molecule has 0 saturated carbocycles. The summed E-state index contributed by atoms with van der Waals surface area (Å²) in [7, 11) is 0. The molecular weight excluding hydrogens is 292 g/mol. The van der Waals surface area contributed by atoms with E-state index >= 15 is 0 Å². The van der Waals surface area contributed by atoms with Crippen LogP contribution in [0.4, 0.5) is 0 Å². The Bertz CT molecular complexity index is 447. The minimum absolute atomic E-state index is 0.365. The SMILES string of the molecule is Cc1ccsc1C(O)Cc1ccc(Br)s1. The number of halogens is 1. The molecule has 2 heterocycles. The van der Waals surface area contributed by atoms with Crippen molar-refractivity contribution >= 4 is 38.6 Å². The Morgan fingerprint density at radius 1 is 1.40 bits per heavy atom. The molecule has 2 rings (SSSR count). The van der Waals surface area contributed by atoms with E-state index in [1.54, 1.807) is 22.7 Å². The summed E-state index contributed by atoms with van der Waals surface area (Å²) in [6.07, 6.45) is 0.341. The van der Waals surface area contributed by atoms with Gasteiger partial charge in [-0.05, 0) is 52.0 Å². The van der Waals surface area contributed by atoms with Crippen molar-refractivity contribution in [2.75, 3.05) is 0 Å². The van der Waals surface area contributed by atoms with Crippen LogP contribution in [0.1, 0.15) is 21.4 Å². The second kappa shape index (κ2) is 4.78. The van der Waals surface area contributed by atoms with Crippen molar-refractivity contribution in [1.82, 2.24) is 0 Å². The summed E-state index contributed by atoms with van der Waals surface area (Å²) in [4.78, 5) is 2.29. The van der Waals surface area contributed by atoms with Gasteiger partial charge >= 0.3 is 0 Å². The van der Waals surface area contributed by atoms with E-state index in [0.717, 1.165) is 8.66 Å². The number of thiophene rings is 2. The fraction of sp³-hybridized carbons (Fsp3) is 0.273. The Labute approximate surface area is 106 Å². The first kappa shape index (κ1) is 11.3. The van der Waals surface area contributed by atoms with Crippen molar-refractivity contribution < 1.29 is 5.11 Å². The van der Waals surface area contributed by atoms with Gasteiger partial charge in [0.25, 0.3) is 0 Å². The number of rotatable bonds is 3. The van der Waals surface area contributed by atoms with Crippen molar-refractivity contribution in [1.29, 1.82) is 0 Å². The van der Waals surface area contributed by atoms with Gasteiger partial charge in [0.15, 0.2) is 0 Å². The van der Waals surface area contributed by atoms with Crippen molar-refractivity contribution in [3.8, 4) is 0 Å². The smallest absolute Gasteiger partial charge is 0.0932 e. The Morgan fingerprint density at radius 3 is 2.73 bits per heavy atom. The Kier molecular flexibility index (Phi) is 3.61. The molecule has 2 aromatic rings. The topological polar surface area (TPSA) is 20.2 Å². The summed E-state index contributed by atoms with van der Waals surface area (Å²) >= 11 is 6.73. The van der Waals surface area contributed by atoms with Crippen LogP contribution >= 0.6 is 38.6 Å². The highest BCUT2D eigenvalue weighted by Gasteiger charge is 2.13. The van der Waals surface area contributed by atoms with Crippen LogP contribution in [-0.4, -0.2) is 5.11 Å². The highest BCUT2D eigenvalue weighted by Crippen LogP contribution is 2.30. The van der Waals surface area contributed by atoms with Gasteiger partial charge in [0, 0.05) is 16.2 Å². The van der Waals surface area contributed by atoms with Crippen molar-refractivity contribution in [2.24, 2.45) is 0 Å². The van der Waals surface area contributed by atoms with Gasteiger partial charge in [-0.3, -0.25) is 0 Å². The van der Waals surface area contributed by atoms with Crippen LogP contribution in [0.15, 0.2) is 27.4 Å². The van der Waals surface area contributed by atoms with Crippen molar-refractivity contribution in [3.63, 3.8) is 0 Å². The molecule has 80 valence electrons. The second-order valence-electron chi connectivity index (χ2n) is 3.39. The van der Waals surface area contributed by atoms with Crippen LogP contribution in [0.25, 0.3) is 0 Å². The quantitative estimate of drug-likeness (QED) is 0.903. The van der Waals surface area contributed by atoms with E-state index in [-0.39, 0.29) is 6.10 Å². The lowest BCUT2D eigenvalue weighted by Gasteiger charge is -2.08. The first-order valence-electron chi connectivity index (χ1n) is 4.63. The second-order valence-corrected chi connectivity index (χ2v) is 6.89. The van der Waals surface area contributed by atoms with E-state index in [0.29, 0.717) is 6.42 Å². The maximum absolute atomic E-state index is 10.1. The average Bonchev–Trinajstić information content (AvgIpc) is 2.75. The Hall–Kier alpha value is -0.160. The summed E-state index contributed by atoms with van der Waals surface area (Å²) in [5, 5.41) is 12.1. The summed E-state index contributed by atoms with van der Waals surface area (Å²) < 4.78 is 1.12. The zero-order valence-electron chi connectivity index (χ0n) is 8.24. The molecule has 0 radical (unpaired) electrons. The molecule has 0 aliphatic rings. The van der Waals surface area contributed by atoms with Crippen LogP contribution in [0.2, 0.25) is 0 Å². The van der Waals surface area contributed by atoms with Crippen LogP contribution in [0.5, 0.6) is 0 Å². The van der Waals surface area contributed by atoms with Gasteiger partial charge in [-0.15, -0.1) is 22.7 Å². The van der Waals surface area contributed by atoms with Crippen LogP contribution in [-0.2, 0) is 6.42 Å². The van der Waals surface area contributed by atoms with E-state index in [1.807, 2.05) is 24.4 Å². The first-order chi connectivity index (χ1) is 7.16. The molecule has 15 heavy (non-hydrogen) atoms. The molecule has 0 aliphatic carbocycles. The molecule has 0 saturated heterocycles. The fourth-order valence-electron chi connectivity index (χ4n) is 1.47. The van der Waals surface area contributed by atoms with Gasteiger partial charge in [0.05, 0.1) is 9.89 Å². The zero-order chi connectivity index (χ0) is 10.8. The molecule has 1 N–H and O–H groups in total. The maximum Gasteiger partial charge on any atom is 0.0932 e. The number of aliphatic hydroxyl groups is 1. The lowest BCUT2D eigenvalue weighted by molar-refractivity contribution is 0.182. The summed E-state index contributed by atoms with van der Waals surface area (Å²) in [5.74, 6) is 0. The summed E-state index contributed by atoms with van der Waals surface area (Å²) in [5.41, 5.74) is 1.18. The van der Waals surface area contributed by atoms with Gasteiger partial charge in [-0.2, -0.15) is 0 Å². The third kappa shape index (κ3) is 2.69. The molecule has 0 amide bonds. The molecule has 0 spiro atoms. The molecule has 4 heteroatoms. The molecule has 2 aromatic heterocycles. The molecule has 1 unspecified atom stereocenters. The van der Waals surface area contributed by atoms with E-state index < -0.39 is 0 Å². The lowest BCUT2D eigenvalue weighted by Crippen LogP contribution is -1.99. The zero-order valence-corrected chi connectivity index (χ0v) is 11.5. The number of aliphatic hydroxyl groups excluding tert-OH is 1.